The Kier molecular flexibility index (Phi) is 23.6. The highest BCUT2D eigenvalue weighted by Crippen LogP contribution is 2.33. The van der Waals surface area contributed by atoms with Crippen LogP contribution in [0.15, 0.2) is 48.5 Å². The van der Waals surface area contributed by atoms with Crippen LogP contribution in [0.4, 0.5) is 4.79 Å². The lowest BCUT2D eigenvalue weighted by Gasteiger charge is -2.24. The summed E-state index contributed by atoms with van der Waals surface area (Å²) in [7, 11) is 1.34. The highest BCUT2D eigenvalue weighted by molar-refractivity contribution is 7.98. The van der Waals surface area contributed by atoms with Gasteiger partial charge in [-0.3, -0.25) is 24.0 Å². The zero-order chi connectivity index (χ0) is 41.7. The van der Waals surface area contributed by atoms with Crippen LogP contribution in [-0.2, 0) is 51.7 Å². The van der Waals surface area contributed by atoms with Gasteiger partial charge in [0.25, 0.3) is 0 Å². The molecule has 0 aliphatic heterocycles. The summed E-state index contributed by atoms with van der Waals surface area (Å²) in [6.07, 6.45) is 4.05. The minimum absolute atomic E-state index is 0. The molecule has 2 rings (SSSR count). The number of esters is 1. The molecule has 2 aromatic carbocycles. The normalized spacial score (nSPS) is 12.6. The number of nitrogens with one attached hydrogen (secondary N) is 4. The number of unbranched alkanes of at least 4 members (excludes halogenated alkanes) is 2. The van der Waals surface area contributed by atoms with E-state index in [9.17, 15) is 28.8 Å². The number of rotatable bonds is 23. The first-order valence-electron chi connectivity index (χ1n) is 19.0. The maximum atomic E-state index is 13.3. The number of carbonyl (C=O) groups is 6. The average molecular weight is 836 g/mol. The Labute approximate surface area is 347 Å². The summed E-state index contributed by atoms with van der Waals surface area (Å²) in [4.78, 5) is 76.5. The summed E-state index contributed by atoms with van der Waals surface area (Å²) in [6.45, 7) is 9.94. The second kappa shape index (κ2) is 26.6. The second-order valence-corrected chi connectivity index (χ2v) is 16.0. The monoisotopic (exact) mass is 835 g/mol. The van der Waals surface area contributed by atoms with E-state index in [1.807, 2.05) is 77.3 Å². The van der Waals surface area contributed by atoms with E-state index >= 15 is 0 Å². The Balaban J connectivity index is 0.0000162. The highest BCUT2D eigenvalue weighted by Gasteiger charge is 2.27. The molecule has 6 N–H and O–H groups in total. The smallest absolute Gasteiger partial charge is 0.469 e. The standard InChI is InChI=1S/C41H61N5O9S.ClH/c1-27(2)26-54-40(52)55-34-18-17-29(22-30(34)41(3,4)5)23-31(42)37(49)46-32(19-21-56-7)38(50)44-25-35(47)45-33(24-28-14-10-8-11-15-28)39(51)43-20-13-9-12-16-36(48)53-6;/h8,10-11,14-15,17-18,22,27,31-33H,9,12-13,16,19-21,23-26,42H2,1-7H3,(H,43,51)(H,44,50)(H,45,47)(H,46,49);1H/t31?,32-,33+;/m1./s1. The number of hydrogen-bond acceptors (Lipinski definition) is 11. The number of thioether (sulfide) groups is 1. The number of carbonyl (C=O) groups excluding carboxylic acids is 6. The summed E-state index contributed by atoms with van der Waals surface area (Å²) in [5.74, 6) is -1.28. The van der Waals surface area contributed by atoms with Gasteiger partial charge in [-0.15, -0.1) is 12.4 Å². The lowest BCUT2D eigenvalue weighted by Crippen LogP contribution is -2.54. The third-order valence-corrected chi connectivity index (χ3v) is 9.20. The van der Waals surface area contributed by atoms with Gasteiger partial charge in [-0.1, -0.05) is 83.5 Å². The molecule has 0 bridgehead atoms. The molecule has 318 valence electrons. The molecule has 57 heavy (non-hydrogen) atoms. The summed E-state index contributed by atoms with van der Waals surface area (Å²) in [5, 5.41) is 10.9. The van der Waals surface area contributed by atoms with Gasteiger partial charge in [0, 0.05) is 24.9 Å². The van der Waals surface area contributed by atoms with Crippen LogP contribution in [0.2, 0.25) is 0 Å². The van der Waals surface area contributed by atoms with Crippen molar-refractivity contribution in [2.75, 3.05) is 38.8 Å². The topological polar surface area (TPSA) is 204 Å². The summed E-state index contributed by atoms with van der Waals surface area (Å²) >= 11 is 1.50. The fraction of sp³-hybridized carbons (Fsp3) is 0.561. The van der Waals surface area contributed by atoms with Crippen molar-refractivity contribution < 1.29 is 43.0 Å². The molecule has 1 unspecified atom stereocenters. The Morgan fingerprint density at radius 2 is 1.51 bits per heavy atom. The predicted octanol–water partition coefficient (Wildman–Crippen LogP) is 4.38. The summed E-state index contributed by atoms with van der Waals surface area (Å²) < 4.78 is 15.3. The molecule has 0 fully saturated rings. The molecule has 0 heterocycles. The van der Waals surface area contributed by atoms with Gasteiger partial charge < -0.3 is 41.2 Å². The van der Waals surface area contributed by atoms with Crippen LogP contribution < -0.4 is 31.7 Å². The second-order valence-electron chi connectivity index (χ2n) is 15.0. The molecular weight excluding hydrogens is 774 g/mol. The van der Waals surface area contributed by atoms with Crippen molar-refractivity contribution in [1.82, 2.24) is 21.3 Å². The predicted molar refractivity (Wildman–Crippen MR) is 224 cm³/mol. The van der Waals surface area contributed by atoms with E-state index < -0.39 is 54.0 Å². The molecule has 0 radical (unpaired) electrons. The molecule has 14 nitrogen and oxygen atoms in total. The van der Waals surface area contributed by atoms with Crippen molar-refractivity contribution in [3.63, 3.8) is 0 Å². The number of halogens is 1. The van der Waals surface area contributed by atoms with Crippen molar-refractivity contribution in [2.45, 2.75) is 103 Å². The number of hydrogen-bond donors (Lipinski definition) is 5. The van der Waals surface area contributed by atoms with Crippen LogP contribution in [0.5, 0.6) is 5.75 Å². The van der Waals surface area contributed by atoms with Crippen LogP contribution in [0.3, 0.4) is 0 Å². The molecule has 0 aromatic heterocycles. The van der Waals surface area contributed by atoms with Gasteiger partial charge in [-0.05, 0) is 66.2 Å². The number of methoxy groups -OCH3 is 1. The number of nitrogens with two attached hydrogens (primary N) is 1. The van der Waals surface area contributed by atoms with Crippen molar-refractivity contribution >= 4 is 59.9 Å². The fourth-order valence-corrected chi connectivity index (χ4v) is 5.94. The van der Waals surface area contributed by atoms with E-state index in [0.717, 1.165) is 23.1 Å². The molecule has 16 heteroatoms. The molecule has 0 saturated carbocycles. The van der Waals surface area contributed by atoms with Gasteiger partial charge in [0.2, 0.25) is 23.6 Å². The average Bonchev–Trinajstić information content (AvgIpc) is 3.15. The Hall–Kier alpha value is -4.34. The Morgan fingerprint density at radius 1 is 0.825 bits per heavy atom. The van der Waals surface area contributed by atoms with Crippen molar-refractivity contribution in [1.29, 1.82) is 0 Å². The lowest BCUT2D eigenvalue weighted by molar-refractivity contribution is -0.140. The molecule has 0 aliphatic rings. The van der Waals surface area contributed by atoms with Gasteiger partial charge in [-0.2, -0.15) is 11.8 Å². The highest BCUT2D eigenvalue weighted by atomic mass is 35.5. The van der Waals surface area contributed by atoms with Gasteiger partial charge in [0.05, 0.1) is 26.3 Å². The van der Waals surface area contributed by atoms with E-state index in [2.05, 4.69) is 26.0 Å². The Bertz CT molecular complexity index is 1590. The number of ether oxygens (including phenoxy) is 3. The zero-order valence-electron chi connectivity index (χ0n) is 34.3. The van der Waals surface area contributed by atoms with Gasteiger partial charge in [0.15, 0.2) is 0 Å². The molecule has 3 atom stereocenters. The minimum atomic E-state index is -1.01. The third-order valence-electron chi connectivity index (χ3n) is 8.56. The van der Waals surface area contributed by atoms with Crippen molar-refractivity contribution in [2.24, 2.45) is 11.7 Å². The van der Waals surface area contributed by atoms with E-state index in [-0.39, 0.29) is 49.6 Å². The quantitative estimate of drug-likeness (QED) is 0.0604. The molecule has 2 aromatic rings. The Morgan fingerprint density at radius 3 is 2.14 bits per heavy atom. The first-order chi connectivity index (χ1) is 26.5. The SMILES string of the molecule is COC(=O)CCCCCNC(=O)[C@H](Cc1ccccc1)NC(=O)CNC(=O)[C@@H](CCSC)NC(=O)C(N)Cc1ccc(OC(=O)OCC(C)C)c(C(C)(C)C)c1.Cl. The minimum Gasteiger partial charge on any atom is -0.469 e. The maximum Gasteiger partial charge on any atom is 0.513 e. The van der Waals surface area contributed by atoms with E-state index in [1.54, 1.807) is 12.1 Å². The van der Waals surface area contributed by atoms with E-state index in [0.29, 0.717) is 43.7 Å². The summed E-state index contributed by atoms with van der Waals surface area (Å²) in [6, 6.07) is 11.6. The van der Waals surface area contributed by atoms with Gasteiger partial charge in [0.1, 0.15) is 17.8 Å². The lowest BCUT2D eigenvalue weighted by atomic mass is 9.84. The van der Waals surface area contributed by atoms with Crippen LogP contribution >= 0.6 is 24.2 Å². The van der Waals surface area contributed by atoms with E-state index in [1.165, 1.54) is 18.9 Å². The van der Waals surface area contributed by atoms with Crippen LogP contribution in [0.25, 0.3) is 0 Å². The third kappa shape index (κ3) is 20.1. The van der Waals surface area contributed by atoms with Crippen molar-refractivity contribution in [3.8, 4) is 5.75 Å². The molecular formula is C41H62ClN5O9S. The molecule has 4 amide bonds. The first kappa shape index (κ1) is 50.7. The zero-order valence-corrected chi connectivity index (χ0v) is 35.9. The largest absolute Gasteiger partial charge is 0.513 e. The van der Waals surface area contributed by atoms with Crippen LogP contribution in [-0.4, -0.2) is 92.7 Å². The molecule has 0 spiro atoms. The maximum absolute atomic E-state index is 13.3. The van der Waals surface area contributed by atoms with Crippen LogP contribution in [0.1, 0.15) is 83.4 Å². The summed E-state index contributed by atoms with van der Waals surface area (Å²) in [5.41, 5.74) is 8.23. The van der Waals surface area contributed by atoms with Crippen molar-refractivity contribution in [3.05, 3.63) is 65.2 Å². The van der Waals surface area contributed by atoms with Gasteiger partial charge in [-0.25, -0.2) is 4.79 Å². The van der Waals surface area contributed by atoms with Crippen LogP contribution in [0, 0.1) is 5.92 Å². The molecule has 0 saturated heterocycles. The number of amides is 4. The number of benzene rings is 2. The first-order valence-corrected chi connectivity index (χ1v) is 20.4. The van der Waals surface area contributed by atoms with Gasteiger partial charge >= 0.3 is 12.1 Å². The van der Waals surface area contributed by atoms with E-state index in [4.69, 9.17) is 15.2 Å². The molecule has 0 aliphatic carbocycles. The fourth-order valence-electron chi connectivity index (χ4n) is 5.47.